The van der Waals surface area contributed by atoms with Crippen LogP contribution in [0.5, 0.6) is 0 Å². The standard InChI is InChI=1S/C9H10F3NS/c10-9(11,12)7-3-1-2-6(4-5-14)8(7)13/h1-3,14H,4-5,13H2. The number of alkyl halides is 3. The molecule has 0 fully saturated rings. The van der Waals surface area contributed by atoms with Crippen LogP contribution >= 0.6 is 12.6 Å². The third-order valence-electron chi connectivity index (χ3n) is 1.88. The molecule has 78 valence electrons. The summed E-state index contributed by atoms with van der Waals surface area (Å²) in [6, 6.07) is 3.93. The molecule has 0 amide bonds. The number of thiol groups is 1. The Hall–Kier alpha value is -0.840. The molecule has 1 nitrogen and oxygen atoms in total. The molecule has 0 aliphatic heterocycles. The van der Waals surface area contributed by atoms with Crippen molar-refractivity contribution in [2.45, 2.75) is 12.6 Å². The minimum Gasteiger partial charge on any atom is -0.398 e. The second kappa shape index (κ2) is 4.13. The Morgan fingerprint density at radius 3 is 2.43 bits per heavy atom. The number of nitrogen functional groups attached to an aromatic ring is 1. The van der Waals surface area contributed by atoms with Crippen LogP contribution in [0.2, 0.25) is 0 Å². The molecule has 0 aromatic heterocycles. The third-order valence-corrected chi connectivity index (χ3v) is 2.11. The van der Waals surface area contributed by atoms with Crippen molar-refractivity contribution >= 4 is 18.3 Å². The lowest BCUT2D eigenvalue weighted by atomic mass is 10.1. The molecule has 0 spiro atoms. The van der Waals surface area contributed by atoms with Gasteiger partial charge in [0.05, 0.1) is 5.56 Å². The van der Waals surface area contributed by atoms with E-state index in [-0.39, 0.29) is 5.69 Å². The van der Waals surface area contributed by atoms with Gasteiger partial charge < -0.3 is 5.73 Å². The second-order valence-electron chi connectivity index (χ2n) is 2.85. The molecule has 0 aliphatic rings. The second-order valence-corrected chi connectivity index (χ2v) is 3.30. The summed E-state index contributed by atoms with van der Waals surface area (Å²) in [5, 5.41) is 0. The Morgan fingerprint density at radius 2 is 1.93 bits per heavy atom. The molecule has 0 saturated heterocycles. The molecule has 5 heteroatoms. The number of aryl methyl sites for hydroxylation is 1. The molecule has 1 aromatic rings. The first-order valence-corrected chi connectivity index (χ1v) is 4.65. The van der Waals surface area contributed by atoms with Gasteiger partial charge in [0.2, 0.25) is 0 Å². The topological polar surface area (TPSA) is 26.0 Å². The minimum absolute atomic E-state index is 0.186. The highest BCUT2D eigenvalue weighted by Crippen LogP contribution is 2.34. The van der Waals surface area contributed by atoms with E-state index in [9.17, 15) is 13.2 Å². The number of anilines is 1. The van der Waals surface area contributed by atoms with Gasteiger partial charge in [-0.15, -0.1) is 0 Å². The van der Waals surface area contributed by atoms with E-state index in [2.05, 4.69) is 12.6 Å². The Balaban J connectivity index is 3.14. The quantitative estimate of drug-likeness (QED) is 0.583. The first kappa shape index (κ1) is 11.2. The van der Waals surface area contributed by atoms with Crippen LogP contribution in [0.3, 0.4) is 0 Å². The molecule has 0 unspecified atom stereocenters. The summed E-state index contributed by atoms with van der Waals surface area (Å²) in [7, 11) is 0. The highest BCUT2D eigenvalue weighted by Gasteiger charge is 2.33. The van der Waals surface area contributed by atoms with Crippen LogP contribution in [0.25, 0.3) is 0 Å². The smallest absolute Gasteiger partial charge is 0.398 e. The van der Waals surface area contributed by atoms with E-state index >= 15 is 0 Å². The number of para-hydroxylation sites is 1. The monoisotopic (exact) mass is 221 g/mol. The first-order valence-electron chi connectivity index (χ1n) is 4.02. The van der Waals surface area contributed by atoms with Gasteiger partial charge in [-0.3, -0.25) is 0 Å². The van der Waals surface area contributed by atoms with Gasteiger partial charge in [-0.25, -0.2) is 0 Å². The van der Waals surface area contributed by atoms with Crippen LogP contribution in [0, 0.1) is 0 Å². The molecule has 1 rings (SSSR count). The number of nitrogens with two attached hydrogens (primary N) is 1. The lowest BCUT2D eigenvalue weighted by Crippen LogP contribution is -2.10. The van der Waals surface area contributed by atoms with Crippen LogP contribution in [0.4, 0.5) is 18.9 Å². The fraction of sp³-hybridized carbons (Fsp3) is 0.333. The molecule has 14 heavy (non-hydrogen) atoms. The normalized spacial score (nSPS) is 11.7. The van der Waals surface area contributed by atoms with Gasteiger partial charge in [0, 0.05) is 5.69 Å². The van der Waals surface area contributed by atoms with E-state index in [0.717, 1.165) is 6.07 Å². The predicted octanol–water partition coefficient (Wildman–Crippen LogP) is 2.76. The minimum atomic E-state index is -4.38. The zero-order chi connectivity index (χ0) is 10.8. The van der Waals surface area contributed by atoms with Gasteiger partial charge in [-0.2, -0.15) is 25.8 Å². The Kier molecular flexibility index (Phi) is 3.31. The lowest BCUT2D eigenvalue weighted by Gasteiger charge is -2.12. The molecule has 0 atom stereocenters. The van der Waals surface area contributed by atoms with E-state index in [4.69, 9.17) is 5.73 Å². The van der Waals surface area contributed by atoms with Crippen LogP contribution in [0.1, 0.15) is 11.1 Å². The van der Waals surface area contributed by atoms with Crippen LogP contribution in [0.15, 0.2) is 18.2 Å². The highest BCUT2D eigenvalue weighted by molar-refractivity contribution is 7.80. The van der Waals surface area contributed by atoms with Gasteiger partial charge >= 0.3 is 6.18 Å². The van der Waals surface area contributed by atoms with Gasteiger partial charge in [0.15, 0.2) is 0 Å². The van der Waals surface area contributed by atoms with E-state index in [1.54, 1.807) is 6.07 Å². The summed E-state index contributed by atoms with van der Waals surface area (Å²) in [4.78, 5) is 0. The average Bonchev–Trinajstić information content (AvgIpc) is 2.07. The molecule has 0 radical (unpaired) electrons. The summed E-state index contributed by atoms with van der Waals surface area (Å²) >= 11 is 3.95. The molecule has 0 saturated carbocycles. The van der Waals surface area contributed by atoms with Crippen LogP contribution in [-0.2, 0) is 12.6 Å². The van der Waals surface area contributed by atoms with E-state index in [0.29, 0.717) is 17.7 Å². The summed E-state index contributed by atoms with van der Waals surface area (Å²) < 4.78 is 37.1. The fourth-order valence-corrected chi connectivity index (χ4v) is 1.44. The van der Waals surface area contributed by atoms with Gasteiger partial charge in [0.25, 0.3) is 0 Å². The lowest BCUT2D eigenvalue weighted by molar-refractivity contribution is -0.136. The van der Waals surface area contributed by atoms with Gasteiger partial charge in [-0.1, -0.05) is 12.1 Å². The SMILES string of the molecule is Nc1c(CCS)cccc1C(F)(F)F. The van der Waals surface area contributed by atoms with Crippen molar-refractivity contribution in [2.75, 3.05) is 11.5 Å². The van der Waals surface area contributed by atoms with Gasteiger partial charge in [0.1, 0.15) is 0 Å². The first-order chi connectivity index (χ1) is 6.46. The van der Waals surface area contributed by atoms with Crippen LogP contribution < -0.4 is 5.73 Å². The number of rotatable bonds is 2. The predicted molar refractivity (Wildman–Crippen MR) is 53.4 cm³/mol. The van der Waals surface area contributed by atoms with Crippen molar-refractivity contribution in [3.05, 3.63) is 29.3 Å². The highest BCUT2D eigenvalue weighted by atomic mass is 32.1. The zero-order valence-electron chi connectivity index (χ0n) is 7.30. The number of hydrogen-bond acceptors (Lipinski definition) is 2. The van der Waals surface area contributed by atoms with Crippen molar-refractivity contribution in [3.8, 4) is 0 Å². The molecule has 0 heterocycles. The van der Waals surface area contributed by atoms with Crippen molar-refractivity contribution < 1.29 is 13.2 Å². The zero-order valence-corrected chi connectivity index (χ0v) is 8.20. The average molecular weight is 221 g/mol. The summed E-state index contributed by atoms with van der Waals surface area (Å²) in [6.07, 6.45) is -3.93. The third kappa shape index (κ3) is 2.35. The van der Waals surface area contributed by atoms with E-state index in [1.165, 1.54) is 6.07 Å². The Labute approximate surface area is 85.5 Å². The summed E-state index contributed by atoms with van der Waals surface area (Å²) in [5.74, 6) is 0.478. The largest absolute Gasteiger partial charge is 0.418 e. The van der Waals surface area contributed by atoms with Crippen molar-refractivity contribution in [2.24, 2.45) is 0 Å². The fourth-order valence-electron chi connectivity index (χ4n) is 1.20. The summed E-state index contributed by atoms with van der Waals surface area (Å²) in [6.45, 7) is 0. The number of halogens is 3. The maximum atomic E-state index is 12.4. The maximum Gasteiger partial charge on any atom is 0.418 e. The number of hydrogen-bond donors (Lipinski definition) is 2. The van der Waals surface area contributed by atoms with Crippen molar-refractivity contribution in [3.63, 3.8) is 0 Å². The van der Waals surface area contributed by atoms with E-state index < -0.39 is 11.7 Å². The molecule has 1 aromatic carbocycles. The Bertz CT molecular complexity index is 322. The van der Waals surface area contributed by atoms with Gasteiger partial charge in [-0.05, 0) is 23.8 Å². The maximum absolute atomic E-state index is 12.4. The molecule has 0 bridgehead atoms. The number of benzene rings is 1. The molecular weight excluding hydrogens is 211 g/mol. The van der Waals surface area contributed by atoms with Crippen molar-refractivity contribution in [1.29, 1.82) is 0 Å². The molecule has 2 N–H and O–H groups in total. The van der Waals surface area contributed by atoms with E-state index in [1.807, 2.05) is 0 Å². The molecule has 0 aliphatic carbocycles. The molecular formula is C9H10F3NS. The Morgan fingerprint density at radius 1 is 1.29 bits per heavy atom. The van der Waals surface area contributed by atoms with Crippen molar-refractivity contribution in [1.82, 2.24) is 0 Å². The van der Waals surface area contributed by atoms with Crippen LogP contribution in [-0.4, -0.2) is 5.75 Å². The summed E-state index contributed by atoms with van der Waals surface area (Å²) in [5.41, 5.74) is 4.94.